The molecule has 462 valence electrons. The third-order valence-electron chi connectivity index (χ3n) is 13.7. The summed E-state index contributed by atoms with van der Waals surface area (Å²) in [7, 11) is 0. The maximum atomic E-state index is 14.4. The number of nitrogens with zero attached hydrogens (tertiary/aromatic N) is 3. The summed E-state index contributed by atoms with van der Waals surface area (Å²) in [4.78, 5) is 145. The largest absolute Gasteiger partial charge is 0.494 e. The van der Waals surface area contributed by atoms with Gasteiger partial charge in [0.15, 0.2) is 11.9 Å². The van der Waals surface area contributed by atoms with Gasteiger partial charge in [-0.05, 0) is 86.6 Å². The Kier molecular flexibility index (Phi) is 28.6. The molecule has 0 radical (unpaired) electrons. The fourth-order valence-electron chi connectivity index (χ4n) is 9.31. The number of nitrogens with one attached hydrogen (secondary N) is 7. The molecule has 27 nitrogen and oxygen atoms in total. The van der Waals surface area contributed by atoms with E-state index in [0.717, 1.165) is 5.56 Å². The first-order valence-corrected chi connectivity index (χ1v) is 28.4. The molecule has 0 aliphatic carbocycles. The summed E-state index contributed by atoms with van der Waals surface area (Å²) in [5.74, 6) is -7.32. The van der Waals surface area contributed by atoms with E-state index in [1.54, 1.807) is 92.7 Å². The molecule has 4 rings (SSSR count). The molecule has 0 bridgehead atoms. The molecule has 27 heteroatoms. The first kappa shape index (κ1) is 68.2. The van der Waals surface area contributed by atoms with Crippen molar-refractivity contribution in [1.29, 1.82) is 0 Å². The molecule has 0 unspecified atom stereocenters. The predicted molar refractivity (Wildman–Crippen MR) is 318 cm³/mol. The van der Waals surface area contributed by atoms with E-state index in [9.17, 15) is 47.9 Å². The van der Waals surface area contributed by atoms with Gasteiger partial charge < -0.3 is 81.3 Å². The summed E-state index contributed by atoms with van der Waals surface area (Å²) in [6.07, 6.45) is 0.781. The van der Waals surface area contributed by atoms with Crippen LogP contribution in [0.2, 0.25) is 0 Å². The van der Waals surface area contributed by atoms with Gasteiger partial charge in [-0.1, -0.05) is 86.6 Å². The molecule has 1 fully saturated rings. The molecule has 3 aromatic rings. The van der Waals surface area contributed by atoms with Gasteiger partial charge in [-0.2, -0.15) is 0 Å². The van der Waals surface area contributed by atoms with Crippen molar-refractivity contribution in [2.75, 3.05) is 32.8 Å². The Hall–Kier alpha value is -9.30. The van der Waals surface area contributed by atoms with Crippen LogP contribution in [-0.4, -0.2) is 151 Å². The zero-order valence-corrected chi connectivity index (χ0v) is 48.5. The quantitative estimate of drug-likeness (QED) is 0.0171. The molecule has 0 saturated carbocycles. The second-order valence-corrected chi connectivity index (χ2v) is 20.8. The fourth-order valence-corrected chi connectivity index (χ4v) is 9.31. The third-order valence-corrected chi connectivity index (χ3v) is 13.7. The van der Waals surface area contributed by atoms with Gasteiger partial charge >= 0.3 is 0 Å². The van der Waals surface area contributed by atoms with E-state index in [0.29, 0.717) is 36.3 Å². The summed E-state index contributed by atoms with van der Waals surface area (Å²) in [5, 5.41) is 18.8. The van der Waals surface area contributed by atoms with Crippen LogP contribution in [0.3, 0.4) is 0 Å². The number of hydrogen-bond acceptors (Lipinski definition) is 13. The maximum absolute atomic E-state index is 14.4. The van der Waals surface area contributed by atoms with Gasteiger partial charge in [-0.3, -0.25) is 57.9 Å². The highest BCUT2D eigenvalue weighted by Gasteiger charge is 2.37. The number of carbonyl (C=O) groups is 10. The zero-order chi connectivity index (χ0) is 62.4. The smallest absolute Gasteiger partial charge is 0.243 e. The van der Waals surface area contributed by atoms with Gasteiger partial charge in [0, 0.05) is 45.4 Å². The Labute approximate surface area is 494 Å². The van der Waals surface area contributed by atoms with E-state index < -0.39 is 114 Å². The summed E-state index contributed by atoms with van der Waals surface area (Å²) in [6, 6.07) is 16.4. The van der Waals surface area contributed by atoms with Crippen LogP contribution in [0.25, 0.3) is 0 Å². The molecular weight excluding hydrogens is 1100 g/mol. The Bertz CT molecular complexity index is 2780. The number of ether oxygens (including phenoxy) is 1. The lowest BCUT2D eigenvalue weighted by Gasteiger charge is -2.28. The lowest BCUT2D eigenvalue weighted by atomic mass is 9.99. The lowest BCUT2D eigenvalue weighted by Crippen LogP contribution is -2.60. The number of primary amides is 2. The molecule has 0 spiro atoms. The van der Waals surface area contributed by atoms with E-state index in [2.05, 4.69) is 47.2 Å². The average molecular weight is 1180 g/mol. The number of benzene rings is 3. The molecular formula is C58H84N16O11. The summed E-state index contributed by atoms with van der Waals surface area (Å²) in [6.45, 7) is 6.02. The molecule has 1 saturated heterocycles. The predicted octanol–water partition coefficient (Wildman–Crippen LogP) is -1.97. The van der Waals surface area contributed by atoms with E-state index in [-0.39, 0.29) is 95.9 Å². The fraction of sp³-hybridized carbons (Fsp3) is 0.483. The van der Waals surface area contributed by atoms with E-state index in [4.69, 9.17) is 39.1 Å². The molecule has 19 N–H and O–H groups in total. The topological polar surface area (TPSA) is 448 Å². The molecule has 85 heavy (non-hydrogen) atoms. The van der Waals surface area contributed by atoms with Crippen LogP contribution >= 0.6 is 0 Å². The molecule has 7 atom stereocenters. The number of aliphatic imine (C=N–C) groups is 2. The van der Waals surface area contributed by atoms with Crippen LogP contribution < -0.4 is 76.4 Å². The number of rotatable bonds is 36. The van der Waals surface area contributed by atoms with Gasteiger partial charge in [0.2, 0.25) is 59.1 Å². The van der Waals surface area contributed by atoms with Crippen molar-refractivity contribution < 1.29 is 52.7 Å². The second-order valence-electron chi connectivity index (χ2n) is 20.8. The van der Waals surface area contributed by atoms with Gasteiger partial charge in [0.05, 0.1) is 19.4 Å². The van der Waals surface area contributed by atoms with E-state index in [1.165, 1.54) is 4.90 Å². The minimum Gasteiger partial charge on any atom is -0.494 e. The van der Waals surface area contributed by atoms with Crippen molar-refractivity contribution in [3.8, 4) is 5.75 Å². The zero-order valence-electron chi connectivity index (χ0n) is 48.5. The normalized spacial score (nSPS) is 14.8. The van der Waals surface area contributed by atoms with Crippen molar-refractivity contribution in [2.24, 2.45) is 50.3 Å². The summed E-state index contributed by atoms with van der Waals surface area (Å²) in [5.41, 5.74) is 34.9. The highest BCUT2D eigenvalue weighted by atomic mass is 16.5. The molecule has 1 heterocycles. The van der Waals surface area contributed by atoms with Crippen LogP contribution in [-0.2, 0) is 67.2 Å². The summed E-state index contributed by atoms with van der Waals surface area (Å²) >= 11 is 0. The molecule has 1 aliphatic heterocycles. The standard InChI is InChI=1S/C58H84N16O11/c1-4-85-39-25-23-38(24-26-39)32-42(68-47(76)33-37-17-9-6-10-18-37)53(81)71-43(31-36-15-7-5-8-16-36)54(82)73-49(35(2)3)56(84)72-44(34-46(59)75)51(79)65-27-13-22-48(77)74-30-14-21-45(74)55(83)70-41(20-12-29-67-58(63)64)52(80)69-40(50(60)78)19-11-28-66-57(61)62/h5-10,15-18,23-26,35,40-45,49H,4,11-14,19-22,27-34H2,1-3H3,(H2,59,75)(H2,60,78)(H,65,79)(H,68,76)(H,69,80)(H,70,83)(H,71,81)(H,72,84)(H,73,82)(H4,61,62,66)(H4,63,64,67)/t40-,41-,42+,43-,44-,45+,49-/m0/s1. The van der Waals surface area contributed by atoms with E-state index in [1.807, 2.05) is 13.0 Å². The first-order chi connectivity index (χ1) is 40.5. The van der Waals surface area contributed by atoms with Gasteiger partial charge in [0.25, 0.3) is 0 Å². The van der Waals surface area contributed by atoms with Crippen molar-refractivity contribution in [3.05, 3.63) is 102 Å². The minimum atomic E-state index is -1.51. The Morgan fingerprint density at radius 2 is 1.12 bits per heavy atom. The Morgan fingerprint density at radius 1 is 0.588 bits per heavy atom. The van der Waals surface area contributed by atoms with Crippen molar-refractivity contribution in [1.82, 2.24) is 42.1 Å². The Morgan fingerprint density at radius 3 is 1.68 bits per heavy atom. The van der Waals surface area contributed by atoms with Crippen LogP contribution in [0.5, 0.6) is 5.75 Å². The van der Waals surface area contributed by atoms with Crippen molar-refractivity contribution in [2.45, 2.75) is 140 Å². The van der Waals surface area contributed by atoms with Crippen LogP contribution in [0, 0.1) is 5.92 Å². The van der Waals surface area contributed by atoms with Crippen molar-refractivity contribution >= 4 is 71.0 Å². The molecule has 10 amide bonds. The number of likely N-dealkylation sites (tertiary alicyclic amines) is 1. The van der Waals surface area contributed by atoms with Gasteiger partial charge in [-0.25, -0.2) is 0 Å². The number of guanidine groups is 2. The average Bonchev–Trinajstić information content (AvgIpc) is 4.13. The SMILES string of the molecule is CCOc1ccc(C[C@@H](NC(=O)Cc2ccccc2)C(=O)N[C@@H](Cc2ccccc2)C(=O)N[C@H](C(=O)N[C@@H](CC(N)=O)C(=O)NCCCC(=O)N2CCC[C@@H]2C(=O)N[C@@H](CCCN=C(N)N)C(=O)N[C@@H](CCCN=C(N)N)C(N)=O)C(C)C)cc1. The highest BCUT2D eigenvalue weighted by molar-refractivity contribution is 5.97. The van der Waals surface area contributed by atoms with Crippen molar-refractivity contribution in [3.63, 3.8) is 0 Å². The highest BCUT2D eigenvalue weighted by Crippen LogP contribution is 2.20. The monoisotopic (exact) mass is 1180 g/mol. The number of amides is 10. The van der Waals surface area contributed by atoms with Crippen LogP contribution in [0.4, 0.5) is 0 Å². The maximum Gasteiger partial charge on any atom is 0.243 e. The Balaban J connectivity index is 1.41. The number of carbonyl (C=O) groups excluding carboxylic acids is 10. The van der Waals surface area contributed by atoms with E-state index >= 15 is 0 Å². The molecule has 1 aliphatic rings. The molecule has 3 aromatic carbocycles. The van der Waals surface area contributed by atoms with Gasteiger partial charge in [0.1, 0.15) is 48.0 Å². The summed E-state index contributed by atoms with van der Waals surface area (Å²) < 4.78 is 5.58. The number of nitrogens with two attached hydrogens (primary N) is 6. The number of hydrogen-bond donors (Lipinski definition) is 13. The lowest BCUT2D eigenvalue weighted by molar-refractivity contribution is -0.139. The third kappa shape index (κ3) is 24.6. The van der Waals surface area contributed by atoms with Gasteiger partial charge in [-0.15, -0.1) is 0 Å². The minimum absolute atomic E-state index is 0.0174. The molecule has 0 aromatic heterocycles. The first-order valence-electron chi connectivity index (χ1n) is 28.4. The van der Waals surface area contributed by atoms with Crippen LogP contribution in [0.1, 0.15) is 95.2 Å². The second kappa shape index (κ2) is 35.6. The van der Waals surface area contributed by atoms with Crippen LogP contribution in [0.15, 0.2) is 94.9 Å².